The summed E-state index contributed by atoms with van der Waals surface area (Å²) in [6, 6.07) is 0. The summed E-state index contributed by atoms with van der Waals surface area (Å²) in [5, 5.41) is 3.33. The lowest BCUT2D eigenvalue weighted by molar-refractivity contribution is 0.170. The van der Waals surface area contributed by atoms with E-state index in [0.29, 0.717) is 6.54 Å². The Morgan fingerprint density at radius 3 is 3.00 bits per heavy atom. The second kappa shape index (κ2) is 3.85. The van der Waals surface area contributed by atoms with Gasteiger partial charge in [0.1, 0.15) is 0 Å². The average Bonchev–Trinajstić information content (AvgIpc) is 2.50. The molecule has 64 valence electrons. The summed E-state index contributed by atoms with van der Waals surface area (Å²) in [6.45, 7) is 6.64. The van der Waals surface area contributed by atoms with E-state index in [1.807, 2.05) is 6.08 Å². The first-order valence-corrected chi connectivity index (χ1v) is 3.97. The Labute approximate surface area is 67.6 Å². The van der Waals surface area contributed by atoms with Gasteiger partial charge >= 0.3 is 0 Å². The molecule has 0 aromatic rings. The molecule has 1 aliphatic heterocycles. The molecule has 1 saturated heterocycles. The maximum atomic E-state index is 5.63. The molecule has 3 heteroatoms. The summed E-state index contributed by atoms with van der Waals surface area (Å²) in [4.78, 5) is 0. The van der Waals surface area contributed by atoms with Crippen LogP contribution in [0.3, 0.4) is 0 Å². The van der Waals surface area contributed by atoms with Crippen molar-refractivity contribution in [2.75, 3.05) is 26.3 Å². The Hall–Kier alpha value is -0.380. The Morgan fingerprint density at radius 2 is 2.55 bits per heavy atom. The molecule has 1 atom stereocenters. The van der Waals surface area contributed by atoms with E-state index in [-0.39, 0.29) is 5.54 Å². The van der Waals surface area contributed by atoms with Gasteiger partial charge in [0, 0.05) is 19.7 Å². The van der Waals surface area contributed by atoms with Crippen molar-refractivity contribution in [3.05, 3.63) is 12.7 Å². The zero-order chi connectivity index (χ0) is 8.16. The SMILES string of the molecule is C=CCNC1(CN)CCOC1. The molecule has 0 aliphatic carbocycles. The first-order valence-electron chi connectivity index (χ1n) is 3.97. The number of nitrogens with one attached hydrogen (secondary N) is 1. The molecule has 0 radical (unpaired) electrons. The van der Waals surface area contributed by atoms with Gasteiger partial charge in [-0.3, -0.25) is 0 Å². The zero-order valence-corrected chi connectivity index (χ0v) is 6.81. The minimum atomic E-state index is 0.0220. The fourth-order valence-corrected chi connectivity index (χ4v) is 1.27. The van der Waals surface area contributed by atoms with Gasteiger partial charge in [-0.25, -0.2) is 0 Å². The van der Waals surface area contributed by atoms with Crippen molar-refractivity contribution in [1.82, 2.24) is 5.32 Å². The highest BCUT2D eigenvalue weighted by molar-refractivity contribution is 4.94. The van der Waals surface area contributed by atoms with Crippen LogP contribution in [0.5, 0.6) is 0 Å². The van der Waals surface area contributed by atoms with Crippen molar-refractivity contribution in [3.8, 4) is 0 Å². The van der Waals surface area contributed by atoms with Crippen molar-refractivity contribution >= 4 is 0 Å². The summed E-state index contributed by atoms with van der Waals surface area (Å²) in [5.41, 5.74) is 5.65. The zero-order valence-electron chi connectivity index (χ0n) is 6.81. The van der Waals surface area contributed by atoms with E-state index in [9.17, 15) is 0 Å². The van der Waals surface area contributed by atoms with Crippen LogP contribution in [0.4, 0.5) is 0 Å². The van der Waals surface area contributed by atoms with Crippen LogP contribution in [0.15, 0.2) is 12.7 Å². The molecule has 3 nitrogen and oxygen atoms in total. The van der Waals surface area contributed by atoms with Crippen molar-refractivity contribution in [1.29, 1.82) is 0 Å². The fraction of sp³-hybridized carbons (Fsp3) is 0.750. The molecule has 1 aliphatic rings. The van der Waals surface area contributed by atoms with Crippen LogP contribution in [0.2, 0.25) is 0 Å². The number of ether oxygens (including phenoxy) is 1. The largest absolute Gasteiger partial charge is 0.379 e. The minimum absolute atomic E-state index is 0.0220. The van der Waals surface area contributed by atoms with E-state index < -0.39 is 0 Å². The Kier molecular flexibility index (Phi) is 3.05. The predicted molar refractivity (Wildman–Crippen MR) is 45.4 cm³/mol. The van der Waals surface area contributed by atoms with Crippen molar-refractivity contribution < 1.29 is 4.74 Å². The molecule has 0 spiro atoms. The van der Waals surface area contributed by atoms with E-state index >= 15 is 0 Å². The van der Waals surface area contributed by atoms with Gasteiger partial charge in [-0.1, -0.05) is 6.08 Å². The molecule has 11 heavy (non-hydrogen) atoms. The van der Waals surface area contributed by atoms with E-state index in [4.69, 9.17) is 10.5 Å². The highest BCUT2D eigenvalue weighted by Crippen LogP contribution is 2.16. The molecule has 1 fully saturated rings. The van der Waals surface area contributed by atoms with Gasteiger partial charge in [0.25, 0.3) is 0 Å². The van der Waals surface area contributed by atoms with E-state index in [0.717, 1.165) is 26.2 Å². The van der Waals surface area contributed by atoms with Gasteiger partial charge in [0.2, 0.25) is 0 Å². The molecule has 1 heterocycles. The molecule has 0 aromatic carbocycles. The van der Waals surface area contributed by atoms with Crippen LogP contribution in [0, 0.1) is 0 Å². The Balaban J connectivity index is 2.38. The highest BCUT2D eigenvalue weighted by atomic mass is 16.5. The summed E-state index contributed by atoms with van der Waals surface area (Å²) in [5.74, 6) is 0. The molecular formula is C8H16N2O. The molecule has 3 N–H and O–H groups in total. The first-order chi connectivity index (χ1) is 5.33. The van der Waals surface area contributed by atoms with Crippen LogP contribution in [-0.2, 0) is 4.74 Å². The Bertz CT molecular complexity index is 130. The van der Waals surface area contributed by atoms with Gasteiger partial charge in [-0.2, -0.15) is 0 Å². The smallest absolute Gasteiger partial charge is 0.0661 e. The molecule has 0 amide bonds. The van der Waals surface area contributed by atoms with Crippen molar-refractivity contribution in [2.24, 2.45) is 5.73 Å². The van der Waals surface area contributed by atoms with Gasteiger partial charge in [-0.05, 0) is 6.42 Å². The summed E-state index contributed by atoms with van der Waals surface area (Å²) in [6.07, 6.45) is 2.85. The van der Waals surface area contributed by atoms with Crippen LogP contribution >= 0.6 is 0 Å². The lowest BCUT2D eigenvalue weighted by Gasteiger charge is -2.26. The summed E-state index contributed by atoms with van der Waals surface area (Å²) < 4.78 is 5.27. The van der Waals surface area contributed by atoms with Gasteiger partial charge in [0.15, 0.2) is 0 Å². The maximum Gasteiger partial charge on any atom is 0.0661 e. The number of hydrogen-bond acceptors (Lipinski definition) is 3. The lowest BCUT2D eigenvalue weighted by atomic mass is 9.99. The average molecular weight is 156 g/mol. The van der Waals surface area contributed by atoms with Crippen molar-refractivity contribution in [3.63, 3.8) is 0 Å². The number of nitrogens with two attached hydrogens (primary N) is 1. The van der Waals surface area contributed by atoms with Gasteiger partial charge in [-0.15, -0.1) is 6.58 Å². The number of hydrogen-bond donors (Lipinski definition) is 2. The van der Waals surface area contributed by atoms with E-state index in [1.165, 1.54) is 0 Å². The van der Waals surface area contributed by atoms with Gasteiger partial charge in [0.05, 0.1) is 12.1 Å². The van der Waals surface area contributed by atoms with Gasteiger partial charge < -0.3 is 15.8 Å². The normalized spacial score (nSPS) is 30.6. The van der Waals surface area contributed by atoms with Crippen LogP contribution in [-0.4, -0.2) is 31.8 Å². The number of rotatable bonds is 4. The van der Waals surface area contributed by atoms with E-state index in [2.05, 4.69) is 11.9 Å². The minimum Gasteiger partial charge on any atom is -0.379 e. The first kappa shape index (κ1) is 8.71. The molecule has 1 rings (SSSR count). The van der Waals surface area contributed by atoms with Crippen LogP contribution in [0.1, 0.15) is 6.42 Å². The van der Waals surface area contributed by atoms with E-state index in [1.54, 1.807) is 0 Å². The second-order valence-corrected chi connectivity index (χ2v) is 2.96. The topological polar surface area (TPSA) is 47.3 Å². The van der Waals surface area contributed by atoms with Crippen LogP contribution in [0.25, 0.3) is 0 Å². The molecule has 0 bridgehead atoms. The Morgan fingerprint density at radius 1 is 1.73 bits per heavy atom. The third kappa shape index (κ3) is 2.02. The predicted octanol–water partition coefficient (Wildman–Crippen LogP) is -0.120. The lowest BCUT2D eigenvalue weighted by Crippen LogP contribution is -2.51. The monoisotopic (exact) mass is 156 g/mol. The second-order valence-electron chi connectivity index (χ2n) is 2.96. The fourth-order valence-electron chi connectivity index (χ4n) is 1.27. The van der Waals surface area contributed by atoms with Crippen LogP contribution < -0.4 is 11.1 Å². The molecule has 1 unspecified atom stereocenters. The maximum absolute atomic E-state index is 5.63. The molecular weight excluding hydrogens is 140 g/mol. The quantitative estimate of drug-likeness (QED) is 0.558. The molecule has 0 saturated carbocycles. The van der Waals surface area contributed by atoms with Crippen molar-refractivity contribution in [2.45, 2.75) is 12.0 Å². The molecule has 0 aromatic heterocycles. The summed E-state index contributed by atoms with van der Waals surface area (Å²) >= 11 is 0. The standard InChI is InChI=1S/C8H16N2O/c1-2-4-10-8(6-9)3-5-11-7-8/h2,10H,1,3-7,9H2. The summed E-state index contributed by atoms with van der Waals surface area (Å²) in [7, 11) is 0. The third-order valence-electron chi connectivity index (χ3n) is 2.12. The third-order valence-corrected chi connectivity index (χ3v) is 2.12. The highest BCUT2D eigenvalue weighted by Gasteiger charge is 2.32.